The van der Waals surface area contributed by atoms with E-state index < -0.39 is 66.4 Å². The number of hydrogen-bond acceptors (Lipinski definition) is 4. The molecule has 0 aliphatic rings. The second kappa shape index (κ2) is 8.69. The zero-order chi connectivity index (χ0) is 23.6. The topological polar surface area (TPSA) is 52.6 Å². The average Bonchev–Trinajstić information content (AvgIpc) is 2.50. The number of ether oxygens (including phenoxy) is 2. The normalized spacial score (nSPS) is 14.6. The molecule has 0 saturated heterocycles. The molecule has 0 atom stereocenters. The van der Waals surface area contributed by atoms with Crippen molar-refractivity contribution in [2.45, 2.75) is 50.8 Å². The van der Waals surface area contributed by atoms with Gasteiger partial charge in [0, 0.05) is 11.6 Å². The monoisotopic (exact) mass is 458 g/mol. The number of halogens is 12. The van der Waals surface area contributed by atoms with E-state index in [0.717, 1.165) is 13.8 Å². The van der Waals surface area contributed by atoms with Crippen LogP contribution in [0.4, 0.5) is 52.7 Å². The summed E-state index contributed by atoms with van der Waals surface area (Å²) in [6.07, 6.45) is -22.8. The Bertz CT molecular complexity index is 642. The van der Waals surface area contributed by atoms with Crippen molar-refractivity contribution in [1.82, 2.24) is 0 Å². The van der Waals surface area contributed by atoms with E-state index in [0.29, 0.717) is 0 Å². The van der Waals surface area contributed by atoms with Crippen LogP contribution in [-0.2, 0) is 19.1 Å². The lowest BCUT2D eigenvalue weighted by atomic mass is 10.0. The minimum atomic E-state index is -6.20. The molecule has 0 saturated carbocycles. The van der Waals surface area contributed by atoms with Crippen molar-refractivity contribution in [3.8, 4) is 0 Å². The van der Waals surface area contributed by atoms with E-state index in [-0.39, 0.29) is 0 Å². The van der Waals surface area contributed by atoms with Gasteiger partial charge in [0.05, 0.1) is 0 Å². The highest BCUT2D eigenvalue weighted by atomic mass is 19.4. The second-order valence-electron chi connectivity index (χ2n) is 5.45. The van der Waals surface area contributed by atoms with E-state index in [1.807, 2.05) is 0 Å². The fraction of sp³-hybridized carbons (Fsp3) is 0.692. The molecule has 0 bridgehead atoms. The quantitative estimate of drug-likeness (QED) is 0.287. The average molecular weight is 458 g/mol. The molecule has 0 aromatic heterocycles. The van der Waals surface area contributed by atoms with Gasteiger partial charge in [0.25, 0.3) is 0 Å². The Morgan fingerprint density at radius 1 is 0.724 bits per heavy atom. The molecule has 0 aromatic rings. The maximum atomic E-state index is 13.1. The molecule has 0 aromatic carbocycles. The number of esters is 2. The summed E-state index contributed by atoms with van der Waals surface area (Å²) in [7, 11) is 0. The van der Waals surface area contributed by atoms with Crippen LogP contribution >= 0.6 is 0 Å². The standard InChI is InChI=1S/C13H10F12O4/c1-4(2)5(7(27)29-13(24,25)11(20,21)9(16)17)3-6(26)28-12(22,23)10(18,19)8(14)15/h3-4,8-9H,1-2H3/b5-3+. The molecule has 0 amide bonds. The molecule has 0 fully saturated rings. The molecular formula is C13H10F12O4. The van der Waals surface area contributed by atoms with Gasteiger partial charge in [-0.15, -0.1) is 0 Å². The van der Waals surface area contributed by atoms with Crippen LogP contribution in [0.1, 0.15) is 13.8 Å². The summed E-state index contributed by atoms with van der Waals surface area (Å²) in [6.45, 7) is 1.69. The van der Waals surface area contributed by atoms with Gasteiger partial charge in [-0.2, -0.15) is 35.1 Å². The number of hydrogen-bond donors (Lipinski definition) is 0. The summed E-state index contributed by atoms with van der Waals surface area (Å²) in [5.74, 6) is -19.2. The van der Waals surface area contributed by atoms with Crippen LogP contribution in [0.5, 0.6) is 0 Å². The second-order valence-corrected chi connectivity index (χ2v) is 5.45. The molecule has 0 N–H and O–H groups in total. The first-order chi connectivity index (χ1) is 12.7. The third-order valence-corrected chi connectivity index (χ3v) is 2.90. The largest absolute Gasteiger partial charge is 0.472 e. The highest BCUT2D eigenvalue weighted by Gasteiger charge is 2.67. The van der Waals surface area contributed by atoms with Gasteiger partial charge in [0.15, 0.2) is 0 Å². The van der Waals surface area contributed by atoms with Gasteiger partial charge in [-0.05, 0) is 5.92 Å². The molecule has 16 heteroatoms. The maximum absolute atomic E-state index is 13.1. The van der Waals surface area contributed by atoms with Gasteiger partial charge in [-0.1, -0.05) is 13.8 Å². The van der Waals surface area contributed by atoms with Crippen molar-refractivity contribution >= 4 is 11.9 Å². The number of rotatable bonds is 9. The molecule has 170 valence electrons. The Balaban J connectivity index is 5.70. The summed E-state index contributed by atoms with van der Waals surface area (Å²) in [5.41, 5.74) is -1.49. The van der Waals surface area contributed by atoms with Crippen LogP contribution < -0.4 is 0 Å². The van der Waals surface area contributed by atoms with Gasteiger partial charge in [-0.25, -0.2) is 27.2 Å². The third-order valence-electron chi connectivity index (χ3n) is 2.90. The predicted molar refractivity (Wildman–Crippen MR) is 66.9 cm³/mol. The number of alkyl halides is 12. The van der Waals surface area contributed by atoms with Crippen molar-refractivity contribution in [3.05, 3.63) is 11.6 Å². The van der Waals surface area contributed by atoms with Gasteiger partial charge >= 0.3 is 48.9 Å². The number of carbonyl (C=O) groups is 2. The lowest BCUT2D eigenvalue weighted by molar-refractivity contribution is -0.358. The summed E-state index contributed by atoms with van der Waals surface area (Å²) in [5, 5.41) is 0. The maximum Gasteiger partial charge on any atom is 0.472 e. The van der Waals surface area contributed by atoms with Crippen molar-refractivity contribution in [3.63, 3.8) is 0 Å². The zero-order valence-electron chi connectivity index (χ0n) is 14.0. The predicted octanol–water partition coefficient (Wildman–Crippen LogP) is 4.64. The molecule has 0 radical (unpaired) electrons. The highest BCUT2D eigenvalue weighted by Crippen LogP contribution is 2.41. The van der Waals surface area contributed by atoms with Gasteiger partial charge in [0.1, 0.15) is 0 Å². The van der Waals surface area contributed by atoms with E-state index in [1.54, 1.807) is 0 Å². The fourth-order valence-corrected chi connectivity index (χ4v) is 1.31. The summed E-state index contributed by atoms with van der Waals surface area (Å²) in [6, 6.07) is 0. The first-order valence-corrected chi connectivity index (χ1v) is 6.96. The van der Waals surface area contributed by atoms with E-state index in [1.165, 1.54) is 0 Å². The molecule has 29 heavy (non-hydrogen) atoms. The van der Waals surface area contributed by atoms with Crippen LogP contribution in [0.2, 0.25) is 0 Å². The van der Waals surface area contributed by atoms with Gasteiger partial charge < -0.3 is 9.47 Å². The zero-order valence-corrected chi connectivity index (χ0v) is 14.0. The molecule has 0 aliphatic heterocycles. The van der Waals surface area contributed by atoms with Crippen LogP contribution in [0, 0.1) is 5.92 Å². The van der Waals surface area contributed by atoms with E-state index in [4.69, 9.17) is 0 Å². The molecular weight excluding hydrogens is 448 g/mol. The molecule has 0 rings (SSSR count). The Morgan fingerprint density at radius 3 is 1.38 bits per heavy atom. The SMILES string of the molecule is CC(C)/C(=C\C(=O)OC(F)(F)C(F)(F)C(F)F)C(=O)OC(F)(F)C(F)(F)C(F)F. The molecule has 0 unspecified atom stereocenters. The Kier molecular flexibility index (Phi) is 8.04. The minimum absolute atomic E-state index is 0.515. The summed E-state index contributed by atoms with van der Waals surface area (Å²) >= 11 is 0. The first kappa shape index (κ1) is 26.8. The highest BCUT2D eigenvalue weighted by molar-refractivity contribution is 5.96. The smallest absolute Gasteiger partial charge is 0.393 e. The Hall–Kier alpha value is -2.16. The minimum Gasteiger partial charge on any atom is -0.393 e. The van der Waals surface area contributed by atoms with Gasteiger partial charge in [-0.3, -0.25) is 0 Å². The lowest BCUT2D eigenvalue weighted by Crippen LogP contribution is -2.49. The van der Waals surface area contributed by atoms with E-state index in [9.17, 15) is 62.3 Å². The Labute approximate surface area is 153 Å². The number of carbonyl (C=O) groups excluding carboxylic acids is 2. The van der Waals surface area contributed by atoms with Crippen molar-refractivity contribution in [1.29, 1.82) is 0 Å². The summed E-state index contributed by atoms with van der Waals surface area (Å²) < 4.78 is 156. The summed E-state index contributed by atoms with van der Waals surface area (Å²) in [4.78, 5) is 22.7. The van der Waals surface area contributed by atoms with Crippen molar-refractivity contribution < 1.29 is 71.7 Å². The van der Waals surface area contributed by atoms with Crippen LogP contribution in [0.3, 0.4) is 0 Å². The third kappa shape index (κ3) is 5.91. The fourth-order valence-electron chi connectivity index (χ4n) is 1.31. The van der Waals surface area contributed by atoms with Crippen molar-refractivity contribution in [2.24, 2.45) is 5.92 Å². The lowest BCUT2D eigenvalue weighted by Gasteiger charge is -2.26. The van der Waals surface area contributed by atoms with Crippen LogP contribution in [0.15, 0.2) is 11.6 Å². The molecule has 0 aliphatic carbocycles. The molecule has 4 nitrogen and oxygen atoms in total. The first-order valence-electron chi connectivity index (χ1n) is 6.96. The van der Waals surface area contributed by atoms with Gasteiger partial charge in [0.2, 0.25) is 0 Å². The Morgan fingerprint density at radius 2 is 1.07 bits per heavy atom. The van der Waals surface area contributed by atoms with E-state index >= 15 is 0 Å². The van der Waals surface area contributed by atoms with Crippen LogP contribution in [0.25, 0.3) is 0 Å². The van der Waals surface area contributed by atoms with Crippen LogP contribution in [-0.4, -0.2) is 48.9 Å². The molecule has 0 heterocycles. The van der Waals surface area contributed by atoms with E-state index in [2.05, 4.69) is 9.47 Å². The van der Waals surface area contributed by atoms with Crippen molar-refractivity contribution in [2.75, 3.05) is 0 Å². The molecule has 0 spiro atoms.